The fourth-order valence-corrected chi connectivity index (χ4v) is 2.90. The van der Waals surface area contributed by atoms with Crippen molar-refractivity contribution in [3.05, 3.63) is 95.1 Å². The molecule has 0 saturated heterocycles. The van der Waals surface area contributed by atoms with Gasteiger partial charge in [-0.15, -0.1) is 0 Å². The Morgan fingerprint density at radius 2 is 1.53 bits per heavy atom. The largest absolute Gasteiger partial charge is 0.457 e. The van der Waals surface area contributed by atoms with Gasteiger partial charge in [0.1, 0.15) is 11.5 Å². The summed E-state index contributed by atoms with van der Waals surface area (Å²) in [4.78, 5) is 24.4. The number of nitrogens with one attached hydrogen (secondary N) is 1. The first kappa shape index (κ1) is 21.1. The highest BCUT2D eigenvalue weighted by molar-refractivity contribution is 5.91. The molecule has 0 aliphatic carbocycles. The molecule has 30 heavy (non-hydrogen) atoms. The molecule has 5 heteroatoms. The van der Waals surface area contributed by atoms with Gasteiger partial charge in [-0.25, -0.2) is 4.79 Å². The Labute approximate surface area is 176 Å². The molecule has 0 aromatic heterocycles. The van der Waals surface area contributed by atoms with Crippen LogP contribution in [0.2, 0.25) is 0 Å². The molecule has 3 rings (SSSR count). The molecule has 1 amide bonds. The highest BCUT2D eigenvalue weighted by Crippen LogP contribution is 2.21. The van der Waals surface area contributed by atoms with Crippen molar-refractivity contribution < 1.29 is 19.1 Å². The van der Waals surface area contributed by atoms with E-state index in [-0.39, 0.29) is 18.6 Å². The van der Waals surface area contributed by atoms with E-state index in [4.69, 9.17) is 9.47 Å². The van der Waals surface area contributed by atoms with Crippen molar-refractivity contribution in [2.45, 2.75) is 26.8 Å². The number of ether oxygens (including phenoxy) is 2. The molecule has 0 spiro atoms. The van der Waals surface area contributed by atoms with Gasteiger partial charge in [0, 0.05) is 0 Å². The summed E-state index contributed by atoms with van der Waals surface area (Å²) in [6.07, 6.45) is 0. The Hall–Kier alpha value is -3.60. The number of carbonyl (C=O) groups excluding carboxylic acids is 2. The van der Waals surface area contributed by atoms with Crippen molar-refractivity contribution in [1.29, 1.82) is 0 Å². The van der Waals surface area contributed by atoms with Crippen molar-refractivity contribution in [2.75, 3.05) is 6.61 Å². The Balaban J connectivity index is 1.49. The number of para-hydroxylation sites is 1. The zero-order valence-electron chi connectivity index (χ0n) is 17.3. The second kappa shape index (κ2) is 9.74. The van der Waals surface area contributed by atoms with Crippen LogP contribution < -0.4 is 10.1 Å². The standard InChI is InChI=1S/C25H25NO4/c1-17-9-10-21(15-18(17)2)19(3)26-24(27)16-29-25(28)20-11-13-23(14-12-20)30-22-7-5-4-6-8-22/h4-15,19H,16H2,1-3H3,(H,26,27)/t19-/m0/s1. The van der Waals surface area contributed by atoms with Gasteiger partial charge in [0.05, 0.1) is 11.6 Å². The predicted octanol–water partition coefficient (Wildman–Crippen LogP) is 5.13. The number of hydrogen-bond donors (Lipinski definition) is 1. The first-order valence-corrected chi connectivity index (χ1v) is 9.79. The number of hydrogen-bond acceptors (Lipinski definition) is 4. The third-order valence-electron chi connectivity index (χ3n) is 4.81. The van der Waals surface area contributed by atoms with E-state index in [0.29, 0.717) is 17.1 Å². The van der Waals surface area contributed by atoms with E-state index in [0.717, 1.165) is 5.56 Å². The van der Waals surface area contributed by atoms with Crippen LogP contribution in [-0.2, 0) is 9.53 Å². The third-order valence-corrected chi connectivity index (χ3v) is 4.81. The molecule has 0 aliphatic heterocycles. The zero-order valence-corrected chi connectivity index (χ0v) is 17.3. The van der Waals surface area contributed by atoms with Crippen molar-refractivity contribution in [2.24, 2.45) is 0 Å². The molecule has 3 aromatic carbocycles. The van der Waals surface area contributed by atoms with E-state index in [9.17, 15) is 9.59 Å². The average molecular weight is 403 g/mol. The predicted molar refractivity (Wildman–Crippen MR) is 116 cm³/mol. The first-order valence-electron chi connectivity index (χ1n) is 9.79. The molecule has 0 unspecified atom stereocenters. The maximum atomic E-state index is 12.2. The van der Waals surface area contributed by atoms with Gasteiger partial charge in [-0.3, -0.25) is 4.79 Å². The fourth-order valence-electron chi connectivity index (χ4n) is 2.90. The quantitative estimate of drug-likeness (QED) is 0.556. The molecule has 1 N–H and O–H groups in total. The van der Waals surface area contributed by atoms with Crippen LogP contribution in [0.25, 0.3) is 0 Å². The second-order valence-corrected chi connectivity index (χ2v) is 7.15. The average Bonchev–Trinajstić information content (AvgIpc) is 2.75. The van der Waals surface area contributed by atoms with Crippen molar-refractivity contribution in [1.82, 2.24) is 5.32 Å². The van der Waals surface area contributed by atoms with Crippen LogP contribution in [0.15, 0.2) is 72.8 Å². The maximum Gasteiger partial charge on any atom is 0.338 e. The lowest BCUT2D eigenvalue weighted by molar-refractivity contribution is -0.124. The number of aryl methyl sites for hydroxylation is 2. The van der Waals surface area contributed by atoms with Crippen LogP contribution in [0, 0.1) is 13.8 Å². The van der Waals surface area contributed by atoms with E-state index in [1.54, 1.807) is 24.3 Å². The van der Waals surface area contributed by atoms with Crippen LogP contribution in [0.5, 0.6) is 11.5 Å². The number of carbonyl (C=O) groups is 2. The second-order valence-electron chi connectivity index (χ2n) is 7.15. The highest BCUT2D eigenvalue weighted by atomic mass is 16.5. The molecule has 0 saturated carbocycles. The monoisotopic (exact) mass is 403 g/mol. The van der Waals surface area contributed by atoms with E-state index in [2.05, 4.69) is 5.32 Å². The summed E-state index contributed by atoms with van der Waals surface area (Å²) in [5.41, 5.74) is 3.73. The fraction of sp³-hybridized carbons (Fsp3) is 0.200. The van der Waals surface area contributed by atoms with Crippen LogP contribution in [0.1, 0.15) is 40.0 Å². The topological polar surface area (TPSA) is 64.6 Å². The number of benzene rings is 3. The molecule has 0 radical (unpaired) electrons. The molecule has 5 nitrogen and oxygen atoms in total. The van der Waals surface area contributed by atoms with Gasteiger partial charge < -0.3 is 14.8 Å². The lowest BCUT2D eigenvalue weighted by Crippen LogP contribution is -2.31. The van der Waals surface area contributed by atoms with E-state index in [1.165, 1.54) is 11.1 Å². The molecule has 154 valence electrons. The molecule has 0 bridgehead atoms. The van der Waals surface area contributed by atoms with E-state index in [1.807, 2.05) is 69.3 Å². The van der Waals surface area contributed by atoms with Crippen molar-refractivity contribution in [3.8, 4) is 11.5 Å². The lowest BCUT2D eigenvalue weighted by atomic mass is 10.0. The van der Waals surface area contributed by atoms with Crippen molar-refractivity contribution in [3.63, 3.8) is 0 Å². The van der Waals surface area contributed by atoms with Crippen molar-refractivity contribution >= 4 is 11.9 Å². The number of amides is 1. The summed E-state index contributed by atoms with van der Waals surface area (Å²) in [5.74, 6) is 0.411. The van der Waals surface area contributed by atoms with Crippen LogP contribution >= 0.6 is 0 Å². The lowest BCUT2D eigenvalue weighted by Gasteiger charge is -2.16. The SMILES string of the molecule is Cc1ccc([C@H](C)NC(=O)COC(=O)c2ccc(Oc3ccccc3)cc2)cc1C. The summed E-state index contributed by atoms with van der Waals surface area (Å²) >= 11 is 0. The number of esters is 1. The van der Waals surface area contributed by atoms with Gasteiger partial charge in [-0.2, -0.15) is 0 Å². The van der Waals surface area contributed by atoms with Crippen LogP contribution in [0.4, 0.5) is 0 Å². The third kappa shape index (κ3) is 5.70. The molecule has 0 fully saturated rings. The zero-order chi connectivity index (χ0) is 21.5. The molecule has 0 aliphatic rings. The van der Waals surface area contributed by atoms with Gasteiger partial charge in [-0.05, 0) is 73.9 Å². The molecule has 1 atom stereocenters. The molecule has 3 aromatic rings. The Kier molecular flexibility index (Phi) is 6.86. The summed E-state index contributed by atoms with van der Waals surface area (Å²) in [5, 5.41) is 2.85. The molecular formula is C25H25NO4. The van der Waals surface area contributed by atoms with Crippen LogP contribution in [0.3, 0.4) is 0 Å². The summed E-state index contributed by atoms with van der Waals surface area (Å²) in [7, 11) is 0. The maximum absolute atomic E-state index is 12.2. The summed E-state index contributed by atoms with van der Waals surface area (Å²) in [6.45, 7) is 5.64. The normalized spacial score (nSPS) is 11.4. The first-order chi connectivity index (χ1) is 14.4. The highest BCUT2D eigenvalue weighted by Gasteiger charge is 2.14. The van der Waals surface area contributed by atoms with Gasteiger partial charge in [0.2, 0.25) is 0 Å². The molecular weight excluding hydrogens is 378 g/mol. The Bertz CT molecular complexity index is 1010. The van der Waals surface area contributed by atoms with Gasteiger partial charge >= 0.3 is 5.97 Å². The minimum Gasteiger partial charge on any atom is -0.457 e. The summed E-state index contributed by atoms with van der Waals surface area (Å²) in [6, 6.07) is 21.8. The van der Waals surface area contributed by atoms with E-state index < -0.39 is 5.97 Å². The Morgan fingerprint density at radius 1 is 0.867 bits per heavy atom. The molecule has 0 heterocycles. The van der Waals surface area contributed by atoms with Gasteiger partial charge in [0.15, 0.2) is 6.61 Å². The summed E-state index contributed by atoms with van der Waals surface area (Å²) < 4.78 is 10.8. The Morgan fingerprint density at radius 3 is 2.20 bits per heavy atom. The number of rotatable bonds is 7. The van der Waals surface area contributed by atoms with Gasteiger partial charge in [0.25, 0.3) is 5.91 Å². The van der Waals surface area contributed by atoms with E-state index >= 15 is 0 Å². The minimum absolute atomic E-state index is 0.176. The smallest absolute Gasteiger partial charge is 0.338 e. The van der Waals surface area contributed by atoms with Crippen LogP contribution in [-0.4, -0.2) is 18.5 Å². The minimum atomic E-state index is -0.560. The van der Waals surface area contributed by atoms with Gasteiger partial charge in [-0.1, -0.05) is 36.4 Å².